The highest BCUT2D eigenvalue weighted by Crippen LogP contribution is 2.64. The van der Waals surface area contributed by atoms with Crippen LogP contribution in [0.4, 0.5) is 0 Å². The van der Waals surface area contributed by atoms with Crippen molar-refractivity contribution in [2.24, 2.45) is 23.2 Å². The molecular formula is C24H28. The second kappa shape index (κ2) is 5.48. The van der Waals surface area contributed by atoms with Gasteiger partial charge in [-0.15, -0.1) is 0 Å². The zero-order valence-corrected chi connectivity index (χ0v) is 14.8. The van der Waals surface area contributed by atoms with Gasteiger partial charge in [-0.2, -0.15) is 0 Å². The highest BCUT2D eigenvalue weighted by Gasteiger charge is 2.52. The maximum absolute atomic E-state index is 2.55. The van der Waals surface area contributed by atoms with E-state index in [-0.39, 0.29) is 0 Å². The molecule has 6 rings (SSSR count). The van der Waals surface area contributed by atoms with Crippen molar-refractivity contribution < 1.29 is 0 Å². The molecule has 0 saturated heterocycles. The fraction of sp³-hybridized carbons (Fsp3) is 0.500. The van der Waals surface area contributed by atoms with Gasteiger partial charge in [-0.25, -0.2) is 0 Å². The molecule has 4 bridgehead atoms. The van der Waals surface area contributed by atoms with Crippen molar-refractivity contribution in [3.05, 3.63) is 70.8 Å². The Morgan fingerprint density at radius 2 is 1.54 bits per heavy atom. The van der Waals surface area contributed by atoms with Crippen LogP contribution in [-0.4, -0.2) is 0 Å². The minimum absolute atomic E-state index is 0.539. The molecule has 0 unspecified atom stereocenters. The van der Waals surface area contributed by atoms with Crippen LogP contribution in [0.15, 0.2) is 65.3 Å². The molecule has 0 spiro atoms. The Hall–Kier alpha value is -1.56. The van der Waals surface area contributed by atoms with Crippen LogP contribution >= 0.6 is 0 Å². The smallest absolute Gasteiger partial charge is 0.00362 e. The number of rotatable bonds is 3. The minimum atomic E-state index is 0.539. The Kier molecular flexibility index (Phi) is 3.37. The van der Waals surface area contributed by atoms with Crippen molar-refractivity contribution in [2.75, 3.05) is 0 Å². The molecule has 0 nitrogen and oxygen atoms in total. The third kappa shape index (κ3) is 2.42. The van der Waals surface area contributed by atoms with Gasteiger partial charge < -0.3 is 0 Å². The fourth-order valence-electron chi connectivity index (χ4n) is 6.63. The van der Waals surface area contributed by atoms with E-state index in [2.05, 4.69) is 55.5 Å². The molecule has 0 heteroatoms. The average molecular weight is 316 g/mol. The Labute approximate surface area is 146 Å². The van der Waals surface area contributed by atoms with Gasteiger partial charge in [0.2, 0.25) is 0 Å². The molecule has 5 aliphatic carbocycles. The highest BCUT2D eigenvalue weighted by molar-refractivity contribution is 5.54. The summed E-state index contributed by atoms with van der Waals surface area (Å²) in [5.41, 5.74) is 6.66. The SMILES string of the molecule is CC1=CC(=CCc2ccccc2)C=C1C12CC3CC(CC(C3)C1)C2. The Balaban J connectivity index is 1.42. The maximum atomic E-state index is 2.55. The number of benzene rings is 1. The molecule has 4 saturated carbocycles. The van der Waals surface area contributed by atoms with Crippen molar-refractivity contribution in [3.8, 4) is 0 Å². The van der Waals surface area contributed by atoms with E-state index in [0.29, 0.717) is 5.41 Å². The van der Waals surface area contributed by atoms with Crippen molar-refractivity contribution in [2.45, 2.75) is 51.9 Å². The van der Waals surface area contributed by atoms with Crippen LogP contribution in [0.1, 0.15) is 51.0 Å². The first-order valence-electron chi connectivity index (χ1n) is 9.85. The quantitative estimate of drug-likeness (QED) is 0.617. The van der Waals surface area contributed by atoms with Crippen molar-refractivity contribution in [3.63, 3.8) is 0 Å². The van der Waals surface area contributed by atoms with E-state index in [1.807, 2.05) is 0 Å². The first kappa shape index (κ1) is 14.8. The second-order valence-corrected chi connectivity index (χ2v) is 8.98. The predicted octanol–water partition coefficient (Wildman–Crippen LogP) is 6.26. The van der Waals surface area contributed by atoms with Crippen LogP contribution in [0.5, 0.6) is 0 Å². The van der Waals surface area contributed by atoms with E-state index in [0.717, 1.165) is 24.2 Å². The predicted molar refractivity (Wildman–Crippen MR) is 101 cm³/mol. The second-order valence-electron chi connectivity index (χ2n) is 8.98. The highest BCUT2D eigenvalue weighted by atomic mass is 14.6. The summed E-state index contributed by atoms with van der Waals surface area (Å²) >= 11 is 0. The van der Waals surface area contributed by atoms with Gasteiger partial charge in [-0.1, -0.05) is 48.6 Å². The molecule has 1 aromatic carbocycles. The number of hydrogen-bond acceptors (Lipinski definition) is 0. The average Bonchev–Trinajstić information content (AvgIpc) is 2.94. The minimum Gasteiger partial charge on any atom is -0.0728 e. The molecule has 0 aromatic heterocycles. The summed E-state index contributed by atoms with van der Waals surface area (Å²) in [5, 5.41) is 0. The summed E-state index contributed by atoms with van der Waals surface area (Å²) in [7, 11) is 0. The summed E-state index contributed by atoms with van der Waals surface area (Å²) in [6, 6.07) is 10.8. The molecule has 0 N–H and O–H groups in total. The van der Waals surface area contributed by atoms with Gasteiger partial charge in [0.25, 0.3) is 0 Å². The lowest BCUT2D eigenvalue weighted by Gasteiger charge is -2.57. The van der Waals surface area contributed by atoms with Crippen molar-refractivity contribution in [1.29, 1.82) is 0 Å². The van der Waals surface area contributed by atoms with Crippen LogP contribution < -0.4 is 0 Å². The van der Waals surface area contributed by atoms with E-state index in [1.54, 1.807) is 11.1 Å². The normalized spacial score (nSPS) is 38.5. The molecule has 124 valence electrons. The molecular weight excluding hydrogens is 288 g/mol. The van der Waals surface area contributed by atoms with Crippen LogP contribution in [-0.2, 0) is 6.42 Å². The topological polar surface area (TPSA) is 0 Å². The summed E-state index contributed by atoms with van der Waals surface area (Å²) < 4.78 is 0. The third-order valence-corrected chi connectivity index (χ3v) is 7.14. The number of hydrogen-bond donors (Lipinski definition) is 0. The maximum Gasteiger partial charge on any atom is -0.00362 e. The van der Waals surface area contributed by atoms with E-state index >= 15 is 0 Å². The van der Waals surface area contributed by atoms with Gasteiger partial charge in [-0.3, -0.25) is 0 Å². The van der Waals surface area contributed by atoms with Crippen LogP contribution in [0.2, 0.25) is 0 Å². The molecule has 1 aromatic rings. The monoisotopic (exact) mass is 316 g/mol. The first-order valence-corrected chi connectivity index (χ1v) is 9.85. The van der Waals surface area contributed by atoms with Gasteiger partial charge in [0.15, 0.2) is 0 Å². The summed E-state index contributed by atoms with van der Waals surface area (Å²) in [4.78, 5) is 0. The molecule has 5 aliphatic rings. The lowest BCUT2D eigenvalue weighted by molar-refractivity contribution is -0.0290. The van der Waals surface area contributed by atoms with E-state index in [9.17, 15) is 0 Å². The van der Waals surface area contributed by atoms with E-state index in [4.69, 9.17) is 0 Å². The molecule has 0 aliphatic heterocycles. The Morgan fingerprint density at radius 3 is 2.17 bits per heavy atom. The molecule has 0 heterocycles. The lowest BCUT2D eigenvalue weighted by Crippen LogP contribution is -2.46. The summed E-state index contributed by atoms with van der Waals surface area (Å²) in [5.74, 6) is 3.09. The zero-order chi connectivity index (χ0) is 16.1. The fourth-order valence-corrected chi connectivity index (χ4v) is 6.63. The van der Waals surface area contributed by atoms with Crippen LogP contribution in [0.3, 0.4) is 0 Å². The molecule has 0 radical (unpaired) electrons. The van der Waals surface area contributed by atoms with Gasteiger partial charge in [0.1, 0.15) is 0 Å². The Morgan fingerprint density at radius 1 is 0.917 bits per heavy atom. The van der Waals surface area contributed by atoms with Gasteiger partial charge in [0, 0.05) is 0 Å². The Bertz CT molecular complexity index is 693. The first-order chi connectivity index (χ1) is 11.7. The van der Waals surface area contributed by atoms with Crippen molar-refractivity contribution >= 4 is 0 Å². The van der Waals surface area contributed by atoms with Gasteiger partial charge >= 0.3 is 0 Å². The van der Waals surface area contributed by atoms with E-state index in [1.165, 1.54) is 49.7 Å². The van der Waals surface area contributed by atoms with Crippen LogP contribution in [0.25, 0.3) is 0 Å². The van der Waals surface area contributed by atoms with Crippen LogP contribution in [0, 0.1) is 23.2 Å². The van der Waals surface area contributed by atoms with Crippen molar-refractivity contribution in [1.82, 2.24) is 0 Å². The van der Waals surface area contributed by atoms with Gasteiger partial charge in [-0.05, 0) is 97.3 Å². The third-order valence-electron chi connectivity index (χ3n) is 7.14. The summed E-state index contributed by atoms with van der Waals surface area (Å²) in [6.07, 6.45) is 17.5. The molecule has 24 heavy (non-hydrogen) atoms. The van der Waals surface area contributed by atoms with E-state index < -0.39 is 0 Å². The molecule has 0 amide bonds. The standard InChI is InChI=1S/C24H28/c1-17-9-19(8-7-18-5-3-2-4-6-18)13-23(17)24-14-20-10-21(15-24)12-22(11-20)16-24/h2-6,8-9,13,20-22H,7,10-12,14-16H2,1H3. The summed E-state index contributed by atoms with van der Waals surface area (Å²) in [6.45, 7) is 2.35. The number of allylic oxidation sites excluding steroid dienone is 6. The molecule has 0 atom stereocenters. The lowest BCUT2D eigenvalue weighted by atomic mass is 9.47. The zero-order valence-electron chi connectivity index (χ0n) is 14.8. The van der Waals surface area contributed by atoms with Gasteiger partial charge in [0.05, 0.1) is 0 Å². The largest absolute Gasteiger partial charge is 0.0728 e. The molecule has 4 fully saturated rings.